The minimum absolute atomic E-state index is 0.212. The number of rotatable bonds is 6. The summed E-state index contributed by atoms with van der Waals surface area (Å²) in [6, 6.07) is 5.33. The van der Waals surface area contributed by atoms with Gasteiger partial charge in [0, 0.05) is 26.3 Å². The summed E-state index contributed by atoms with van der Waals surface area (Å²) >= 11 is 0. The molecular formula is C11H19N3O3S. The first kappa shape index (κ1) is 14.7. The Morgan fingerprint density at radius 2 is 2.06 bits per heavy atom. The third-order valence-electron chi connectivity index (χ3n) is 2.38. The van der Waals surface area contributed by atoms with Crippen molar-refractivity contribution in [3.8, 4) is 5.75 Å². The Hall–Kier alpha value is -1.31. The molecule has 1 aromatic rings. The Labute approximate surface area is 108 Å². The van der Waals surface area contributed by atoms with Gasteiger partial charge in [-0.15, -0.1) is 0 Å². The smallest absolute Gasteiger partial charge is 0.279 e. The van der Waals surface area contributed by atoms with E-state index in [9.17, 15) is 8.42 Å². The average Bonchev–Trinajstić information content (AvgIpc) is 2.29. The SMILES string of the molecule is Cc1cc(OCCNS(=O)(=O)N(C)C)ccc1N. The second-order valence-electron chi connectivity index (χ2n) is 4.05. The van der Waals surface area contributed by atoms with Gasteiger partial charge >= 0.3 is 0 Å². The molecule has 1 aromatic carbocycles. The summed E-state index contributed by atoms with van der Waals surface area (Å²) in [5.74, 6) is 0.672. The third-order valence-corrected chi connectivity index (χ3v) is 3.91. The van der Waals surface area contributed by atoms with Crippen molar-refractivity contribution in [2.24, 2.45) is 0 Å². The summed E-state index contributed by atoms with van der Waals surface area (Å²) in [6.45, 7) is 2.36. The fourth-order valence-electron chi connectivity index (χ4n) is 1.21. The van der Waals surface area contributed by atoms with Gasteiger partial charge in [-0.2, -0.15) is 17.4 Å². The lowest BCUT2D eigenvalue weighted by molar-refractivity contribution is 0.321. The maximum Gasteiger partial charge on any atom is 0.279 e. The summed E-state index contributed by atoms with van der Waals surface area (Å²) < 4.78 is 31.7. The zero-order valence-electron chi connectivity index (χ0n) is 10.8. The summed E-state index contributed by atoms with van der Waals surface area (Å²) in [4.78, 5) is 0. The first-order valence-electron chi connectivity index (χ1n) is 5.49. The third kappa shape index (κ3) is 4.17. The predicted octanol–water partition coefficient (Wildman–Crippen LogP) is 0.352. The van der Waals surface area contributed by atoms with Crippen LogP contribution in [0.15, 0.2) is 18.2 Å². The second kappa shape index (κ2) is 6.03. The van der Waals surface area contributed by atoms with Crippen LogP contribution in [-0.4, -0.2) is 40.0 Å². The van der Waals surface area contributed by atoms with E-state index in [1.54, 1.807) is 12.1 Å². The molecule has 0 fully saturated rings. The van der Waals surface area contributed by atoms with Crippen LogP contribution in [0, 0.1) is 6.92 Å². The van der Waals surface area contributed by atoms with Gasteiger partial charge in [0.25, 0.3) is 10.2 Å². The molecule has 0 spiro atoms. The van der Waals surface area contributed by atoms with Crippen molar-refractivity contribution >= 4 is 15.9 Å². The predicted molar refractivity (Wildman–Crippen MR) is 71.7 cm³/mol. The summed E-state index contributed by atoms with van der Waals surface area (Å²) in [5.41, 5.74) is 7.32. The van der Waals surface area contributed by atoms with Gasteiger partial charge in [-0.05, 0) is 30.7 Å². The number of nitrogens with zero attached hydrogens (tertiary/aromatic N) is 1. The van der Waals surface area contributed by atoms with Crippen molar-refractivity contribution in [1.29, 1.82) is 0 Å². The molecule has 18 heavy (non-hydrogen) atoms. The molecule has 0 heterocycles. The maximum atomic E-state index is 11.4. The molecule has 0 radical (unpaired) electrons. The van der Waals surface area contributed by atoms with Crippen molar-refractivity contribution < 1.29 is 13.2 Å². The number of ether oxygens (including phenoxy) is 1. The maximum absolute atomic E-state index is 11.4. The number of nitrogens with two attached hydrogens (primary N) is 1. The molecule has 0 aromatic heterocycles. The molecule has 0 saturated heterocycles. The van der Waals surface area contributed by atoms with Crippen LogP contribution in [0.25, 0.3) is 0 Å². The molecule has 7 heteroatoms. The number of benzene rings is 1. The zero-order valence-corrected chi connectivity index (χ0v) is 11.6. The van der Waals surface area contributed by atoms with Gasteiger partial charge in [-0.3, -0.25) is 0 Å². The van der Waals surface area contributed by atoms with E-state index in [4.69, 9.17) is 10.5 Å². The van der Waals surface area contributed by atoms with Crippen LogP contribution in [0.2, 0.25) is 0 Å². The van der Waals surface area contributed by atoms with Gasteiger partial charge < -0.3 is 10.5 Å². The first-order valence-corrected chi connectivity index (χ1v) is 6.93. The fourth-order valence-corrected chi connectivity index (χ4v) is 1.81. The van der Waals surface area contributed by atoms with Crippen molar-refractivity contribution in [2.75, 3.05) is 33.0 Å². The average molecular weight is 273 g/mol. The fraction of sp³-hybridized carbons (Fsp3) is 0.455. The Kier molecular flexibility index (Phi) is 4.94. The number of nitrogen functional groups attached to an aromatic ring is 1. The summed E-state index contributed by atoms with van der Waals surface area (Å²) in [7, 11) is -0.455. The van der Waals surface area contributed by atoms with Crippen LogP contribution in [0.1, 0.15) is 5.56 Å². The second-order valence-corrected chi connectivity index (χ2v) is 6.02. The van der Waals surface area contributed by atoms with Crippen molar-refractivity contribution in [2.45, 2.75) is 6.92 Å². The van der Waals surface area contributed by atoms with Crippen LogP contribution in [0.3, 0.4) is 0 Å². The molecule has 0 aliphatic carbocycles. The van der Waals surface area contributed by atoms with Crippen LogP contribution in [0.4, 0.5) is 5.69 Å². The van der Waals surface area contributed by atoms with Gasteiger partial charge in [0.05, 0.1) is 0 Å². The van der Waals surface area contributed by atoms with E-state index in [0.717, 1.165) is 9.87 Å². The molecule has 0 saturated carbocycles. The van der Waals surface area contributed by atoms with E-state index in [2.05, 4.69) is 4.72 Å². The number of aryl methyl sites for hydroxylation is 1. The van der Waals surface area contributed by atoms with E-state index < -0.39 is 10.2 Å². The number of anilines is 1. The molecule has 0 bridgehead atoms. The van der Waals surface area contributed by atoms with Crippen molar-refractivity contribution in [3.63, 3.8) is 0 Å². The topological polar surface area (TPSA) is 84.7 Å². The Morgan fingerprint density at radius 3 is 2.61 bits per heavy atom. The highest BCUT2D eigenvalue weighted by Crippen LogP contribution is 2.18. The summed E-state index contributed by atoms with van der Waals surface area (Å²) in [6.07, 6.45) is 0. The van der Waals surface area contributed by atoms with E-state index in [0.29, 0.717) is 11.4 Å². The highest BCUT2D eigenvalue weighted by molar-refractivity contribution is 7.87. The monoisotopic (exact) mass is 273 g/mol. The lowest BCUT2D eigenvalue weighted by atomic mass is 10.2. The van der Waals surface area contributed by atoms with Crippen molar-refractivity contribution in [3.05, 3.63) is 23.8 Å². The van der Waals surface area contributed by atoms with Gasteiger partial charge in [-0.1, -0.05) is 0 Å². The Balaban J connectivity index is 2.41. The highest BCUT2D eigenvalue weighted by atomic mass is 32.2. The Morgan fingerprint density at radius 1 is 1.39 bits per heavy atom. The van der Waals surface area contributed by atoms with E-state index in [1.165, 1.54) is 14.1 Å². The summed E-state index contributed by atoms with van der Waals surface area (Å²) in [5, 5.41) is 0. The first-order chi connectivity index (χ1) is 8.33. The van der Waals surface area contributed by atoms with Crippen LogP contribution < -0.4 is 15.2 Å². The Bertz CT molecular complexity index is 500. The molecule has 0 unspecified atom stereocenters. The van der Waals surface area contributed by atoms with Gasteiger partial charge in [0.2, 0.25) is 0 Å². The van der Waals surface area contributed by atoms with Crippen molar-refractivity contribution in [1.82, 2.24) is 9.03 Å². The molecule has 0 atom stereocenters. The van der Waals surface area contributed by atoms with Gasteiger partial charge in [-0.25, -0.2) is 0 Å². The molecule has 3 N–H and O–H groups in total. The number of hydrogen-bond acceptors (Lipinski definition) is 4. The molecule has 0 aliphatic heterocycles. The number of hydrogen-bond donors (Lipinski definition) is 2. The lowest BCUT2D eigenvalue weighted by Crippen LogP contribution is -2.37. The van der Waals surface area contributed by atoms with Gasteiger partial charge in [0.1, 0.15) is 12.4 Å². The van der Waals surface area contributed by atoms with Crippen LogP contribution in [0.5, 0.6) is 5.75 Å². The van der Waals surface area contributed by atoms with E-state index in [1.807, 2.05) is 13.0 Å². The van der Waals surface area contributed by atoms with Crippen LogP contribution >= 0.6 is 0 Å². The zero-order chi connectivity index (χ0) is 13.8. The molecule has 0 amide bonds. The highest BCUT2D eigenvalue weighted by Gasteiger charge is 2.11. The van der Waals surface area contributed by atoms with Crippen LogP contribution in [-0.2, 0) is 10.2 Å². The lowest BCUT2D eigenvalue weighted by Gasteiger charge is -2.13. The van der Waals surface area contributed by atoms with E-state index >= 15 is 0 Å². The van der Waals surface area contributed by atoms with E-state index in [-0.39, 0.29) is 13.2 Å². The molecule has 6 nitrogen and oxygen atoms in total. The largest absolute Gasteiger partial charge is 0.492 e. The van der Waals surface area contributed by atoms with Gasteiger partial charge in [0.15, 0.2) is 0 Å². The molecule has 0 aliphatic rings. The molecule has 1 rings (SSSR count). The number of nitrogens with one attached hydrogen (secondary N) is 1. The standard InChI is InChI=1S/C11H19N3O3S/c1-9-8-10(4-5-11(9)12)17-7-6-13-18(15,16)14(2)3/h4-5,8,13H,6-7,12H2,1-3H3. The minimum atomic E-state index is -3.38. The molecule has 102 valence electrons. The molecular weight excluding hydrogens is 254 g/mol. The minimum Gasteiger partial charge on any atom is -0.492 e. The normalized spacial score (nSPS) is 11.8. The quantitative estimate of drug-likeness (QED) is 0.578.